The molecule has 0 aromatic rings. The first-order chi connectivity index (χ1) is 6.62. The van der Waals surface area contributed by atoms with Crippen LogP contribution in [0.4, 0.5) is 0 Å². The Morgan fingerprint density at radius 3 is 2.33 bits per heavy atom. The molecule has 5 heteroatoms. The minimum Gasteiger partial charge on any atom is -0.389 e. The van der Waals surface area contributed by atoms with Crippen molar-refractivity contribution in [3.63, 3.8) is 0 Å². The topological polar surface area (TPSA) is 66.4 Å². The van der Waals surface area contributed by atoms with Crippen LogP contribution >= 0.6 is 0 Å². The predicted molar refractivity (Wildman–Crippen MR) is 62.7 cm³/mol. The molecule has 0 aliphatic rings. The molecule has 0 rings (SSSR count). The van der Waals surface area contributed by atoms with Crippen LogP contribution in [-0.2, 0) is 9.84 Å². The molecule has 1 atom stereocenters. The Morgan fingerprint density at radius 1 is 1.40 bits per heavy atom. The zero-order valence-electron chi connectivity index (χ0n) is 10.1. The van der Waals surface area contributed by atoms with Crippen molar-refractivity contribution in [2.75, 3.05) is 25.1 Å². The zero-order chi connectivity index (χ0) is 12.1. The summed E-state index contributed by atoms with van der Waals surface area (Å²) in [6.45, 7) is 6.68. The van der Waals surface area contributed by atoms with Crippen molar-refractivity contribution in [1.29, 1.82) is 0 Å². The minimum absolute atomic E-state index is 0.116. The van der Waals surface area contributed by atoms with E-state index < -0.39 is 15.4 Å². The monoisotopic (exact) mass is 237 g/mol. The molecule has 0 radical (unpaired) electrons. The van der Waals surface area contributed by atoms with Gasteiger partial charge in [-0.05, 0) is 19.3 Å². The van der Waals surface area contributed by atoms with Gasteiger partial charge in [-0.1, -0.05) is 13.8 Å². The quantitative estimate of drug-likeness (QED) is 0.630. The van der Waals surface area contributed by atoms with Crippen LogP contribution in [0.15, 0.2) is 0 Å². The van der Waals surface area contributed by atoms with Crippen LogP contribution < -0.4 is 5.32 Å². The van der Waals surface area contributed by atoms with Crippen molar-refractivity contribution in [2.45, 2.75) is 32.8 Å². The molecule has 92 valence electrons. The molecule has 15 heavy (non-hydrogen) atoms. The highest BCUT2D eigenvalue weighted by atomic mass is 32.2. The first-order valence-corrected chi connectivity index (χ1v) is 7.29. The number of nitrogens with one attached hydrogen (secondary N) is 1. The van der Waals surface area contributed by atoms with E-state index in [-0.39, 0.29) is 5.75 Å². The molecular formula is C10H23NO3S. The Balaban J connectivity index is 3.76. The zero-order valence-corrected chi connectivity index (χ0v) is 10.9. The maximum absolute atomic E-state index is 10.8. The molecule has 4 nitrogen and oxygen atoms in total. The predicted octanol–water partition coefficient (Wildman–Crippen LogP) is 0.418. The van der Waals surface area contributed by atoms with Gasteiger partial charge >= 0.3 is 0 Å². The van der Waals surface area contributed by atoms with Crippen LogP contribution in [0.2, 0.25) is 0 Å². The largest absolute Gasteiger partial charge is 0.389 e. The number of hydrogen-bond acceptors (Lipinski definition) is 4. The average molecular weight is 237 g/mol. The lowest BCUT2D eigenvalue weighted by Gasteiger charge is -2.25. The molecule has 0 amide bonds. The molecule has 0 aromatic carbocycles. The summed E-state index contributed by atoms with van der Waals surface area (Å²) in [6.07, 6.45) is 1.92. The molecule has 0 saturated heterocycles. The van der Waals surface area contributed by atoms with Gasteiger partial charge < -0.3 is 10.4 Å². The molecule has 0 spiro atoms. The molecule has 1 unspecified atom stereocenters. The van der Waals surface area contributed by atoms with Crippen LogP contribution in [-0.4, -0.2) is 44.2 Å². The van der Waals surface area contributed by atoms with Gasteiger partial charge in [-0.15, -0.1) is 0 Å². The molecule has 0 aliphatic carbocycles. The summed E-state index contributed by atoms with van der Waals surface area (Å²) < 4.78 is 21.7. The van der Waals surface area contributed by atoms with Crippen molar-refractivity contribution in [3.05, 3.63) is 0 Å². The third-order valence-electron chi connectivity index (χ3n) is 2.00. The van der Waals surface area contributed by atoms with Gasteiger partial charge in [0.05, 0.1) is 11.4 Å². The SMILES string of the molecule is CC(C)CC(C)(O)CNCCS(C)(=O)=O. The van der Waals surface area contributed by atoms with Gasteiger partial charge in [0.2, 0.25) is 0 Å². The fourth-order valence-corrected chi connectivity index (χ4v) is 2.08. The van der Waals surface area contributed by atoms with Gasteiger partial charge in [0, 0.05) is 19.3 Å². The highest BCUT2D eigenvalue weighted by Gasteiger charge is 2.21. The fourth-order valence-electron chi connectivity index (χ4n) is 1.57. The number of aliphatic hydroxyl groups is 1. The highest BCUT2D eigenvalue weighted by Crippen LogP contribution is 2.14. The Hall–Kier alpha value is -0.130. The summed E-state index contributed by atoms with van der Waals surface area (Å²) in [4.78, 5) is 0. The van der Waals surface area contributed by atoms with Gasteiger partial charge in [-0.2, -0.15) is 0 Å². The lowest BCUT2D eigenvalue weighted by atomic mass is 9.94. The summed E-state index contributed by atoms with van der Waals surface area (Å²) in [7, 11) is -2.91. The van der Waals surface area contributed by atoms with Gasteiger partial charge in [-0.3, -0.25) is 0 Å². The Labute approximate surface area is 93.0 Å². The molecule has 0 saturated carbocycles. The normalized spacial score (nSPS) is 16.7. The van der Waals surface area contributed by atoms with E-state index in [0.29, 0.717) is 25.4 Å². The van der Waals surface area contributed by atoms with Crippen LogP contribution in [0.25, 0.3) is 0 Å². The first-order valence-electron chi connectivity index (χ1n) is 5.23. The Kier molecular flexibility index (Phi) is 5.77. The van der Waals surface area contributed by atoms with Crippen molar-refractivity contribution >= 4 is 9.84 Å². The second-order valence-corrected chi connectivity index (χ2v) is 7.16. The van der Waals surface area contributed by atoms with Crippen LogP contribution in [0.1, 0.15) is 27.2 Å². The second kappa shape index (κ2) is 5.82. The lowest BCUT2D eigenvalue weighted by molar-refractivity contribution is 0.0392. The van der Waals surface area contributed by atoms with Gasteiger partial charge in [0.1, 0.15) is 9.84 Å². The van der Waals surface area contributed by atoms with E-state index >= 15 is 0 Å². The first kappa shape index (κ1) is 14.9. The summed E-state index contributed by atoms with van der Waals surface area (Å²) in [5, 5.41) is 12.9. The standard InChI is InChI=1S/C10H23NO3S/c1-9(2)7-10(3,12)8-11-5-6-15(4,13)14/h9,11-12H,5-8H2,1-4H3. The number of hydrogen-bond donors (Lipinski definition) is 2. The third kappa shape index (κ3) is 10.2. The summed E-state index contributed by atoms with van der Waals surface area (Å²) in [5.41, 5.74) is -0.758. The molecule has 0 aliphatic heterocycles. The Morgan fingerprint density at radius 2 is 1.93 bits per heavy atom. The number of sulfone groups is 1. The van der Waals surface area contributed by atoms with E-state index in [2.05, 4.69) is 5.32 Å². The van der Waals surface area contributed by atoms with E-state index in [1.807, 2.05) is 13.8 Å². The van der Waals surface area contributed by atoms with Crippen LogP contribution in [0, 0.1) is 5.92 Å². The maximum atomic E-state index is 10.8. The molecule has 0 heterocycles. The maximum Gasteiger partial charge on any atom is 0.148 e. The number of rotatable bonds is 7. The molecule has 0 bridgehead atoms. The molecule has 0 aromatic heterocycles. The molecule has 0 fully saturated rings. The molecule has 2 N–H and O–H groups in total. The van der Waals surface area contributed by atoms with E-state index in [1.165, 1.54) is 6.26 Å². The van der Waals surface area contributed by atoms with Crippen molar-refractivity contribution < 1.29 is 13.5 Å². The van der Waals surface area contributed by atoms with Crippen LogP contribution in [0.5, 0.6) is 0 Å². The summed E-state index contributed by atoms with van der Waals surface area (Å²) in [5.74, 6) is 0.543. The Bertz CT molecular complexity index is 270. The molecular weight excluding hydrogens is 214 g/mol. The van der Waals surface area contributed by atoms with E-state index in [4.69, 9.17) is 0 Å². The lowest BCUT2D eigenvalue weighted by Crippen LogP contribution is -2.40. The van der Waals surface area contributed by atoms with Gasteiger partial charge in [-0.25, -0.2) is 8.42 Å². The van der Waals surface area contributed by atoms with Crippen molar-refractivity contribution in [3.8, 4) is 0 Å². The van der Waals surface area contributed by atoms with Crippen LogP contribution in [0.3, 0.4) is 0 Å². The highest BCUT2D eigenvalue weighted by molar-refractivity contribution is 7.90. The van der Waals surface area contributed by atoms with Gasteiger partial charge in [0.25, 0.3) is 0 Å². The van der Waals surface area contributed by atoms with E-state index in [1.54, 1.807) is 6.92 Å². The van der Waals surface area contributed by atoms with E-state index in [9.17, 15) is 13.5 Å². The van der Waals surface area contributed by atoms with E-state index in [0.717, 1.165) is 0 Å². The summed E-state index contributed by atoms with van der Waals surface area (Å²) >= 11 is 0. The smallest absolute Gasteiger partial charge is 0.148 e. The third-order valence-corrected chi connectivity index (χ3v) is 2.95. The van der Waals surface area contributed by atoms with Gasteiger partial charge in [0.15, 0.2) is 0 Å². The summed E-state index contributed by atoms with van der Waals surface area (Å²) in [6, 6.07) is 0. The fraction of sp³-hybridized carbons (Fsp3) is 1.00. The average Bonchev–Trinajstić information content (AvgIpc) is 1.93. The minimum atomic E-state index is -2.91. The second-order valence-electron chi connectivity index (χ2n) is 4.90. The van der Waals surface area contributed by atoms with Crippen molar-refractivity contribution in [1.82, 2.24) is 5.32 Å². The van der Waals surface area contributed by atoms with Crippen molar-refractivity contribution in [2.24, 2.45) is 5.92 Å².